The van der Waals surface area contributed by atoms with Crippen molar-refractivity contribution in [3.63, 3.8) is 0 Å². The van der Waals surface area contributed by atoms with Crippen molar-refractivity contribution in [1.29, 1.82) is 0 Å². The fraction of sp³-hybridized carbons (Fsp3) is 0.269. The van der Waals surface area contributed by atoms with Crippen LogP contribution in [-0.2, 0) is 22.6 Å². The lowest BCUT2D eigenvalue weighted by molar-refractivity contribution is -0.123. The second-order valence-corrected chi connectivity index (χ2v) is 9.94. The fourth-order valence-corrected chi connectivity index (χ4v) is 5.62. The van der Waals surface area contributed by atoms with Crippen molar-refractivity contribution in [2.75, 3.05) is 32.9 Å². The van der Waals surface area contributed by atoms with E-state index in [1.165, 1.54) is 21.2 Å². The molecule has 1 fully saturated rings. The second-order valence-electron chi connectivity index (χ2n) is 8.00. The molecule has 170 valence electrons. The maximum absolute atomic E-state index is 12.4. The minimum absolute atomic E-state index is 0.00220. The summed E-state index contributed by atoms with van der Waals surface area (Å²) in [5.41, 5.74) is 3.50. The molecule has 1 amide bonds. The summed E-state index contributed by atoms with van der Waals surface area (Å²) in [6, 6.07) is 18.8. The van der Waals surface area contributed by atoms with E-state index in [4.69, 9.17) is 9.47 Å². The predicted molar refractivity (Wildman–Crippen MR) is 135 cm³/mol. The van der Waals surface area contributed by atoms with Gasteiger partial charge in [0.25, 0.3) is 5.91 Å². The van der Waals surface area contributed by atoms with Crippen LogP contribution in [0.15, 0.2) is 65.4 Å². The number of nitrogens with zero attached hydrogens (tertiary/aromatic N) is 1. The Kier molecular flexibility index (Phi) is 7.02. The average molecular weight is 479 g/mol. The molecular formula is C26H26N2O3S2. The number of carbonyl (C=O) groups excluding carboxylic acids is 1. The molecule has 0 aliphatic carbocycles. The van der Waals surface area contributed by atoms with Gasteiger partial charge in [0.15, 0.2) is 6.61 Å². The first-order valence-corrected chi connectivity index (χ1v) is 12.8. The van der Waals surface area contributed by atoms with E-state index in [0.717, 1.165) is 49.0 Å². The minimum Gasteiger partial charge on any atom is -0.483 e. The summed E-state index contributed by atoms with van der Waals surface area (Å²) < 4.78 is 12.8. The molecule has 5 rings (SSSR count). The first kappa shape index (κ1) is 22.1. The van der Waals surface area contributed by atoms with Crippen LogP contribution in [0.25, 0.3) is 21.2 Å². The van der Waals surface area contributed by atoms with Gasteiger partial charge in [-0.15, -0.1) is 22.7 Å². The first-order chi connectivity index (χ1) is 16.3. The third-order valence-corrected chi connectivity index (χ3v) is 7.59. The zero-order valence-electron chi connectivity index (χ0n) is 18.3. The number of fused-ring (bicyclic) bond motifs is 1. The van der Waals surface area contributed by atoms with Gasteiger partial charge in [-0.3, -0.25) is 9.69 Å². The molecule has 5 nitrogen and oxygen atoms in total. The van der Waals surface area contributed by atoms with E-state index in [2.05, 4.69) is 52.0 Å². The second kappa shape index (κ2) is 10.5. The Bertz CT molecular complexity index is 1210. The molecule has 1 aliphatic rings. The molecule has 1 saturated heterocycles. The van der Waals surface area contributed by atoms with Gasteiger partial charge in [-0.1, -0.05) is 30.3 Å². The molecular weight excluding hydrogens is 452 g/mol. The van der Waals surface area contributed by atoms with Gasteiger partial charge < -0.3 is 14.8 Å². The summed E-state index contributed by atoms with van der Waals surface area (Å²) in [6.45, 7) is 4.59. The zero-order chi connectivity index (χ0) is 22.5. The summed E-state index contributed by atoms with van der Waals surface area (Å²) in [4.78, 5) is 15.9. The highest BCUT2D eigenvalue weighted by atomic mass is 32.1. The van der Waals surface area contributed by atoms with Crippen LogP contribution < -0.4 is 10.1 Å². The third-order valence-electron chi connectivity index (χ3n) is 5.75. The molecule has 0 spiro atoms. The third kappa shape index (κ3) is 5.45. The van der Waals surface area contributed by atoms with Gasteiger partial charge in [-0.05, 0) is 40.6 Å². The van der Waals surface area contributed by atoms with Gasteiger partial charge >= 0.3 is 0 Å². The summed E-state index contributed by atoms with van der Waals surface area (Å²) in [5.74, 6) is 0.643. The quantitative estimate of drug-likeness (QED) is 0.380. The van der Waals surface area contributed by atoms with E-state index in [-0.39, 0.29) is 12.5 Å². The number of hydrogen-bond acceptors (Lipinski definition) is 6. The van der Waals surface area contributed by atoms with Gasteiger partial charge in [0.1, 0.15) is 5.75 Å². The van der Waals surface area contributed by atoms with Gasteiger partial charge in [-0.25, -0.2) is 0 Å². The van der Waals surface area contributed by atoms with Crippen LogP contribution in [0.2, 0.25) is 0 Å². The molecule has 1 N–H and O–H groups in total. The maximum Gasteiger partial charge on any atom is 0.258 e. The lowest BCUT2D eigenvalue weighted by Crippen LogP contribution is -2.35. The van der Waals surface area contributed by atoms with E-state index in [1.807, 2.05) is 23.6 Å². The number of benzene rings is 2. The van der Waals surface area contributed by atoms with Crippen LogP contribution in [-0.4, -0.2) is 43.7 Å². The van der Waals surface area contributed by atoms with Crippen LogP contribution in [0.1, 0.15) is 10.4 Å². The summed E-state index contributed by atoms with van der Waals surface area (Å²) in [6.07, 6.45) is 0. The van der Waals surface area contributed by atoms with Crippen molar-refractivity contribution in [1.82, 2.24) is 10.2 Å². The van der Waals surface area contributed by atoms with Gasteiger partial charge in [0.05, 0.1) is 19.8 Å². The molecule has 7 heteroatoms. The minimum atomic E-state index is -0.117. The van der Waals surface area contributed by atoms with Crippen molar-refractivity contribution in [2.45, 2.75) is 13.1 Å². The van der Waals surface area contributed by atoms with Crippen LogP contribution in [0, 0.1) is 0 Å². The first-order valence-electron chi connectivity index (χ1n) is 11.1. The van der Waals surface area contributed by atoms with E-state index >= 15 is 0 Å². The Labute approximate surface area is 201 Å². The number of carbonyl (C=O) groups is 1. The standard InChI is InChI=1S/C26H26N2O3S2/c29-26(27-15-21-4-3-13-32-21)17-31-24-8-7-19(14-20(24)16-28-9-11-30-12-10-28)23-18-33-25-6-2-1-5-22(23)25/h1-8,13-14,18H,9-12,15-17H2,(H,27,29). The molecule has 2 aromatic carbocycles. The van der Waals surface area contributed by atoms with Gasteiger partial charge in [-0.2, -0.15) is 0 Å². The van der Waals surface area contributed by atoms with Crippen LogP contribution in [0.4, 0.5) is 0 Å². The topological polar surface area (TPSA) is 50.8 Å². The number of nitrogens with one attached hydrogen (secondary N) is 1. The molecule has 0 atom stereocenters. The highest BCUT2D eigenvalue weighted by Gasteiger charge is 2.16. The van der Waals surface area contributed by atoms with E-state index in [0.29, 0.717) is 6.54 Å². The summed E-state index contributed by atoms with van der Waals surface area (Å²) in [7, 11) is 0. The van der Waals surface area contributed by atoms with E-state index in [1.54, 1.807) is 22.7 Å². The monoisotopic (exact) mass is 478 g/mol. The lowest BCUT2D eigenvalue weighted by atomic mass is 10.0. The zero-order valence-corrected chi connectivity index (χ0v) is 19.9. The molecule has 0 unspecified atom stereocenters. The van der Waals surface area contributed by atoms with Crippen molar-refractivity contribution in [3.8, 4) is 16.9 Å². The van der Waals surface area contributed by atoms with Crippen molar-refractivity contribution < 1.29 is 14.3 Å². The van der Waals surface area contributed by atoms with Crippen molar-refractivity contribution in [2.24, 2.45) is 0 Å². The van der Waals surface area contributed by atoms with Crippen LogP contribution >= 0.6 is 22.7 Å². The lowest BCUT2D eigenvalue weighted by Gasteiger charge is -2.27. The van der Waals surface area contributed by atoms with Crippen molar-refractivity contribution in [3.05, 3.63) is 75.8 Å². The highest BCUT2D eigenvalue weighted by Crippen LogP contribution is 2.36. The normalized spacial score (nSPS) is 14.4. The molecule has 0 bridgehead atoms. The molecule has 33 heavy (non-hydrogen) atoms. The Morgan fingerprint density at radius 3 is 2.79 bits per heavy atom. The van der Waals surface area contributed by atoms with Gasteiger partial charge in [0, 0.05) is 45.7 Å². The molecule has 4 aromatic rings. The number of thiophene rings is 2. The van der Waals surface area contributed by atoms with Crippen LogP contribution in [0.3, 0.4) is 0 Å². The summed E-state index contributed by atoms with van der Waals surface area (Å²) in [5, 5.41) is 8.42. The van der Waals surface area contributed by atoms with Crippen molar-refractivity contribution >= 4 is 38.7 Å². The SMILES string of the molecule is O=C(COc1ccc(-c2csc3ccccc23)cc1CN1CCOCC1)NCc1cccs1. The summed E-state index contributed by atoms with van der Waals surface area (Å²) >= 11 is 3.39. The molecule has 1 aliphatic heterocycles. The number of amides is 1. The fourth-order valence-electron chi connectivity index (χ4n) is 4.01. The Balaban J connectivity index is 1.34. The number of morpholine rings is 1. The van der Waals surface area contributed by atoms with E-state index < -0.39 is 0 Å². The smallest absolute Gasteiger partial charge is 0.258 e. The Morgan fingerprint density at radius 1 is 1.06 bits per heavy atom. The van der Waals surface area contributed by atoms with Gasteiger partial charge in [0.2, 0.25) is 0 Å². The molecule has 3 heterocycles. The highest BCUT2D eigenvalue weighted by molar-refractivity contribution is 7.17. The Morgan fingerprint density at radius 2 is 1.94 bits per heavy atom. The molecule has 2 aromatic heterocycles. The Hall–Kier alpha value is -2.71. The number of rotatable bonds is 8. The van der Waals surface area contributed by atoms with Crippen LogP contribution in [0.5, 0.6) is 5.75 Å². The molecule has 0 saturated carbocycles. The van der Waals surface area contributed by atoms with E-state index in [9.17, 15) is 4.79 Å². The maximum atomic E-state index is 12.4. The number of ether oxygens (including phenoxy) is 2. The largest absolute Gasteiger partial charge is 0.483 e. The molecule has 0 radical (unpaired) electrons. The predicted octanol–water partition coefficient (Wildman–Crippen LogP) is 5.16. The average Bonchev–Trinajstić information content (AvgIpc) is 3.53. The number of hydrogen-bond donors (Lipinski definition) is 1.